The van der Waals surface area contributed by atoms with Crippen LogP contribution in [0.5, 0.6) is 5.75 Å². The molecule has 0 aliphatic rings. The highest BCUT2D eigenvalue weighted by molar-refractivity contribution is 7.10. The summed E-state index contributed by atoms with van der Waals surface area (Å²) in [7, 11) is 1.97. The largest absolute Gasteiger partial charge is 0.492 e. The van der Waals surface area contributed by atoms with Gasteiger partial charge in [-0.2, -0.15) is 0 Å². The first-order chi connectivity index (χ1) is 11.1. The summed E-state index contributed by atoms with van der Waals surface area (Å²) >= 11 is 1.71. The van der Waals surface area contributed by atoms with Crippen molar-refractivity contribution in [1.29, 1.82) is 0 Å². The Morgan fingerprint density at radius 2 is 2.17 bits per heavy atom. The molecule has 4 nitrogen and oxygen atoms in total. The minimum absolute atomic E-state index is 0.0174. The molecule has 1 unspecified atom stereocenters. The molecule has 124 valence electrons. The lowest BCUT2D eigenvalue weighted by molar-refractivity contribution is -0.122. The van der Waals surface area contributed by atoms with Crippen molar-refractivity contribution in [2.75, 3.05) is 26.7 Å². The summed E-state index contributed by atoms with van der Waals surface area (Å²) < 4.78 is 5.62. The summed E-state index contributed by atoms with van der Waals surface area (Å²) in [6, 6.07) is 12.3. The minimum Gasteiger partial charge on any atom is -0.492 e. The van der Waals surface area contributed by atoms with Gasteiger partial charge in [0.1, 0.15) is 12.4 Å². The van der Waals surface area contributed by atoms with Gasteiger partial charge in [-0.25, -0.2) is 0 Å². The number of carbonyl (C=O) groups is 1. The maximum absolute atomic E-state index is 12.0. The van der Waals surface area contributed by atoms with Crippen molar-refractivity contribution >= 4 is 17.2 Å². The summed E-state index contributed by atoms with van der Waals surface area (Å²) in [6.07, 6.45) is 0. The SMILES string of the molecule is Cc1cccc(OCCNC(=O)CN(C)C(C)c2cccs2)c1. The van der Waals surface area contributed by atoms with E-state index in [2.05, 4.69) is 23.7 Å². The zero-order valence-electron chi connectivity index (χ0n) is 13.9. The number of thiophene rings is 1. The third-order valence-electron chi connectivity index (χ3n) is 3.69. The van der Waals surface area contributed by atoms with Crippen molar-refractivity contribution in [2.45, 2.75) is 19.9 Å². The number of amides is 1. The standard InChI is InChI=1S/C18H24N2O2S/c1-14-6-4-7-16(12-14)22-10-9-19-18(21)13-20(3)15(2)17-8-5-11-23-17/h4-8,11-12,15H,9-10,13H2,1-3H3,(H,19,21). The average Bonchev–Trinajstić information content (AvgIpc) is 3.05. The molecule has 1 heterocycles. The molecule has 1 aromatic heterocycles. The second-order valence-electron chi connectivity index (χ2n) is 5.62. The molecule has 1 amide bonds. The van der Waals surface area contributed by atoms with Crippen LogP contribution in [0.1, 0.15) is 23.4 Å². The van der Waals surface area contributed by atoms with E-state index in [1.807, 2.05) is 49.2 Å². The van der Waals surface area contributed by atoms with Crippen molar-refractivity contribution in [3.63, 3.8) is 0 Å². The maximum atomic E-state index is 12.0. The smallest absolute Gasteiger partial charge is 0.234 e. The van der Waals surface area contributed by atoms with Gasteiger partial charge in [0.2, 0.25) is 5.91 Å². The third kappa shape index (κ3) is 5.69. The molecular weight excluding hydrogens is 308 g/mol. The van der Waals surface area contributed by atoms with Crippen molar-refractivity contribution in [1.82, 2.24) is 10.2 Å². The maximum Gasteiger partial charge on any atom is 0.234 e. The number of hydrogen-bond acceptors (Lipinski definition) is 4. The lowest BCUT2D eigenvalue weighted by atomic mass is 10.2. The monoisotopic (exact) mass is 332 g/mol. The van der Waals surface area contributed by atoms with E-state index in [4.69, 9.17) is 4.74 Å². The quantitative estimate of drug-likeness (QED) is 0.755. The van der Waals surface area contributed by atoms with Crippen molar-refractivity contribution < 1.29 is 9.53 Å². The van der Waals surface area contributed by atoms with Gasteiger partial charge in [0.25, 0.3) is 0 Å². The molecule has 5 heteroatoms. The van der Waals surface area contributed by atoms with Gasteiger partial charge in [0, 0.05) is 10.9 Å². The Morgan fingerprint density at radius 1 is 1.35 bits per heavy atom. The minimum atomic E-state index is 0.0174. The lowest BCUT2D eigenvalue weighted by Crippen LogP contribution is -2.37. The van der Waals surface area contributed by atoms with Gasteiger partial charge < -0.3 is 10.1 Å². The van der Waals surface area contributed by atoms with Crippen LogP contribution in [0, 0.1) is 6.92 Å². The Hall–Kier alpha value is -1.85. The Morgan fingerprint density at radius 3 is 2.87 bits per heavy atom. The number of rotatable bonds is 8. The number of benzene rings is 1. The van der Waals surface area contributed by atoms with Crippen molar-refractivity contribution in [3.8, 4) is 5.75 Å². The fraction of sp³-hybridized carbons (Fsp3) is 0.389. The van der Waals surface area contributed by atoms with Crippen LogP contribution < -0.4 is 10.1 Å². The first kappa shape index (κ1) is 17.5. The van der Waals surface area contributed by atoms with Gasteiger partial charge in [-0.1, -0.05) is 18.2 Å². The predicted octanol–water partition coefficient (Wildman–Crippen LogP) is 3.24. The van der Waals surface area contributed by atoms with E-state index in [-0.39, 0.29) is 11.9 Å². The van der Waals surface area contributed by atoms with E-state index in [9.17, 15) is 4.79 Å². The average molecular weight is 332 g/mol. The molecule has 1 atom stereocenters. The molecule has 0 spiro atoms. The summed E-state index contributed by atoms with van der Waals surface area (Å²) in [4.78, 5) is 15.3. The van der Waals surface area contributed by atoms with Gasteiger partial charge in [-0.15, -0.1) is 11.3 Å². The summed E-state index contributed by atoms with van der Waals surface area (Å²) in [5.41, 5.74) is 1.16. The molecular formula is C18H24N2O2S. The van der Waals surface area contributed by atoms with Crippen LogP contribution in [0.2, 0.25) is 0 Å². The molecule has 0 fully saturated rings. The highest BCUT2D eigenvalue weighted by Crippen LogP contribution is 2.22. The predicted molar refractivity (Wildman–Crippen MR) is 95.0 cm³/mol. The van der Waals surface area contributed by atoms with Crippen molar-refractivity contribution in [3.05, 3.63) is 52.2 Å². The topological polar surface area (TPSA) is 41.6 Å². The van der Waals surface area contributed by atoms with Crippen molar-refractivity contribution in [2.24, 2.45) is 0 Å². The number of aryl methyl sites for hydroxylation is 1. The number of ether oxygens (including phenoxy) is 1. The fourth-order valence-corrected chi connectivity index (χ4v) is 3.08. The van der Waals surface area contributed by atoms with Crippen LogP contribution in [-0.4, -0.2) is 37.6 Å². The number of carbonyl (C=O) groups excluding carboxylic acids is 1. The summed E-state index contributed by atoms with van der Waals surface area (Å²) in [5, 5.41) is 4.95. The molecule has 23 heavy (non-hydrogen) atoms. The molecule has 0 bridgehead atoms. The molecule has 1 N–H and O–H groups in total. The van der Waals surface area contributed by atoms with Gasteiger partial charge in [0.05, 0.1) is 13.1 Å². The Bertz CT molecular complexity index is 613. The van der Waals surface area contributed by atoms with Crippen LogP contribution >= 0.6 is 11.3 Å². The van der Waals surface area contributed by atoms with Gasteiger partial charge >= 0.3 is 0 Å². The molecule has 2 aromatic rings. The van der Waals surface area contributed by atoms with E-state index in [0.717, 1.165) is 11.3 Å². The Labute approximate surface area is 142 Å². The van der Waals surface area contributed by atoms with Crippen LogP contribution in [0.15, 0.2) is 41.8 Å². The lowest BCUT2D eigenvalue weighted by Gasteiger charge is -2.23. The zero-order chi connectivity index (χ0) is 16.7. The van der Waals surface area contributed by atoms with E-state index < -0.39 is 0 Å². The Balaban J connectivity index is 1.67. The van der Waals surface area contributed by atoms with E-state index in [1.165, 1.54) is 4.88 Å². The normalized spacial score (nSPS) is 12.2. The fourth-order valence-electron chi connectivity index (χ4n) is 2.23. The molecule has 1 aromatic carbocycles. The highest BCUT2D eigenvalue weighted by atomic mass is 32.1. The number of nitrogens with one attached hydrogen (secondary N) is 1. The van der Waals surface area contributed by atoms with E-state index >= 15 is 0 Å². The van der Waals surface area contributed by atoms with E-state index in [0.29, 0.717) is 19.7 Å². The molecule has 2 rings (SSSR count). The number of likely N-dealkylation sites (N-methyl/N-ethyl adjacent to an activating group) is 1. The third-order valence-corrected chi connectivity index (χ3v) is 4.73. The van der Waals surface area contributed by atoms with Crippen LogP contribution in [0.25, 0.3) is 0 Å². The molecule has 0 saturated carbocycles. The molecule has 0 saturated heterocycles. The second kappa shape index (κ2) is 8.70. The van der Waals surface area contributed by atoms with E-state index in [1.54, 1.807) is 11.3 Å². The molecule has 0 aliphatic carbocycles. The highest BCUT2D eigenvalue weighted by Gasteiger charge is 2.15. The zero-order valence-corrected chi connectivity index (χ0v) is 14.7. The first-order valence-electron chi connectivity index (χ1n) is 7.76. The van der Waals surface area contributed by atoms with Gasteiger partial charge in [-0.3, -0.25) is 9.69 Å². The van der Waals surface area contributed by atoms with Gasteiger partial charge in [-0.05, 0) is 50.0 Å². The molecule has 0 radical (unpaired) electrons. The second-order valence-corrected chi connectivity index (χ2v) is 6.60. The van der Waals surface area contributed by atoms with Gasteiger partial charge in [0.15, 0.2) is 0 Å². The Kier molecular flexibility index (Phi) is 6.62. The molecule has 0 aliphatic heterocycles. The van der Waals surface area contributed by atoms with Crippen LogP contribution in [0.4, 0.5) is 0 Å². The summed E-state index contributed by atoms with van der Waals surface area (Å²) in [6.45, 7) is 5.50. The van der Waals surface area contributed by atoms with Crippen LogP contribution in [-0.2, 0) is 4.79 Å². The first-order valence-corrected chi connectivity index (χ1v) is 8.64. The number of nitrogens with zero attached hydrogens (tertiary/aromatic N) is 1. The number of hydrogen-bond donors (Lipinski definition) is 1. The summed E-state index contributed by atoms with van der Waals surface area (Å²) in [5.74, 6) is 0.853. The van der Waals surface area contributed by atoms with Crippen LogP contribution in [0.3, 0.4) is 0 Å².